The second-order valence-corrected chi connectivity index (χ2v) is 4.96. The van der Waals surface area contributed by atoms with Crippen LogP contribution in [0.5, 0.6) is 0 Å². The van der Waals surface area contributed by atoms with E-state index < -0.39 is 0 Å². The standard InChI is InChI=1S/C18H16FNO/c1-13-12-15(19)9-10-16(13)20-18(17-8-5-11-21-17)14-6-3-2-4-7-14/h2-12,18,20H,1H3. The van der Waals surface area contributed by atoms with E-state index in [1.807, 2.05) is 49.4 Å². The van der Waals surface area contributed by atoms with Crippen LogP contribution in [0.25, 0.3) is 0 Å². The van der Waals surface area contributed by atoms with Gasteiger partial charge in [0.1, 0.15) is 17.6 Å². The Labute approximate surface area is 123 Å². The van der Waals surface area contributed by atoms with E-state index in [1.165, 1.54) is 12.1 Å². The third-order valence-electron chi connectivity index (χ3n) is 3.45. The van der Waals surface area contributed by atoms with Crippen LogP contribution in [0.4, 0.5) is 10.1 Å². The van der Waals surface area contributed by atoms with Gasteiger partial charge in [0.25, 0.3) is 0 Å². The van der Waals surface area contributed by atoms with Crippen molar-refractivity contribution in [3.63, 3.8) is 0 Å². The van der Waals surface area contributed by atoms with Gasteiger partial charge in [0.05, 0.1) is 6.26 Å². The Balaban J connectivity index is 1.97. The summed E-state index contributed by atoms with van der Waals surface area (Å²) in [7, 11) is 0. The maximum absolute atomic E-state index is 13.2. The molecule has 1 atom stereocenters. The van der Waals surface area contributed by atoms with Crippen molar-refractivity contribution in [2.24, 2.45) is 0 Å². The summed E-state index contributed by atoms with van der Waals surface area (Å²) in [5.41, 5.74) is 2.85. The van der Waals surface area contributed by atoms with Gasteiger partial charge < -0.3 is 9.73 Å². The molecule has 106 valence electrons. The Morgan fingerprint density at radius 2 is 1.81 bits per heavy atom. The molecule has 0 aliphatic heterocycles. The largest absolute Gasteiger partial charge is 0.467 e. The van der Waals surface area contributed by atoms with Crippen molar-refractivity contribution in [3.05, 3.63) is 89.6 Å². The molecule has 3 heteroatoms. The van der Waals surface area contributed by atoms with E-state index in [0.717, 1.165) is 22.6 Å². The maximum Gasteiger partial charge on any atom is 0.130 e. The zero-order chi connectivity index (χ0) is 14.7. The van der Waals surface area contributed by atoms with Crippen LogP contribution in [0.2, 0.25) is 0 Å². The van der Waals surface area contributed by atoms with Crippen LogP contribution in [-0.4, -0.2) is 0 Å². The fraction of sp³-hybridized carbons (Fsp3) is 0.111. The number of nitrogens with one attached hydrogen (secondary N) is 1. The molecular formula is C18H16FNO. The molecule has 0 saturated heterocycles. The topological polar surface area (TPSA) is 25.2 Å². The lowest BCUT2D eigenvalue weighted by molar-refractivity contribution is 0.499. The molecule has 0 aliphatic carbocycles. The molecule has 2 nitrogen and oxygen atoms in total. The van der Waals surface area contributed by atoms with Gasteiger partial charge in [0.15, 0.2) is 0 Å². The summed E-state index contributed by atoms with van der Waals surface area (Å²) >= 11 is 0. The highest BCUT2D eigenvalue weighted by atomic mass is 19.1. The molecule has 0 saturated carbocycles. The van der Waals surface area contributed by atoms with Crippen LogP contribution >= 0.6 is 0 Å². The van der Waals surface area contributed by atoms with Crippen molar-refractivity contribution in [2.75, 3.05) is 5.32 Å². The van der Waals surface area contributed by atoms with Gasteiger partial charge in [0, 0.05) is 5.69 Å². The normalized spacial score (nSPS) is 12.1. The average molecular weight is 281 g/mol. The summed E-state index contributed by atoms with van der Waals surface area (Å²) < 4.78 is 18.8. The molecule has 1 N–H and O–H groups in total. The number of anilines is 1. The van der Waals surface area contributed by atoms with E-state index in [-0.39, 0.29) is 11.9 Å². The lowest BCUT2D eigenvalue weighted by Gasteiger charge is -2.20. The third-order valence-corrected chi connectivity index (χ3v) is 3.45. The number of benzene rings is 2. The van der Waals surface area contributed by atoms with Crippen molar-refractivity contribution in [1.29, 1.82) is 0 Å². The third kappa shape index (κ3) is 2.97. The second-order valence-electron chi connectivity index (χ2n) is 4.96. The molecular weight excluding hydrogens is 265 g/mol. The number of hydrogen-bond acceptors (Lipinski definition) is 2. The van der Waals surface area contributed by atoms with Gasteiger partial charge in [-0.3, -0.25) is 0 Å². The van der Waals surface area contributed by atoms with Crippen LogP contribution in [0.15, 0.2) is 71.3 Å². The van der Waals surface area contributed by atoms with Gasteiger partial charge in [-0.15, -0.1) is 0 Å². The van der Waals surface area contributed by atoms with Crippen LogP contribution in [0, 0.1) is 12.7 Å². The summed E-state index contributed by atoms with van der Waals surface area (Å²) in [5, 5.41) is 3.43. The van der Waals surface area contributed by atoms with E-state index in [9.17, 15) is 4.39 Å². The fourth-order valence-electron chi connectivity index (χ4n) is 2.36. The molecule has 1 unspecified atom stereocenters. The van der Waals surface area contributed by atoms with Crippen LogP contribution in [-0.2, 0) is 0 Å². The summed E-state index contributed by atoms with van der Waals surface area (Å²) in [5.74, 6) is 0.595. The molecule has 3 rings (SSSR count). The molecule has 0 aliphatic rings. The van der Waals surface area contributed by atoms with Crippen LogP contribution < -0.4 is 5.32 Å². The highest BCUT2D eigenvalue weighted by Gasteiger charge is 2.17. The molecule has 0 fully saturated rings. The fourth-order valence-corrected chi connectivity index (χ4v) is 2.36. The van der Waals surface area contributed by atoms with Crippen molar-refractivity contribution < 1.29 is 8.81 Å². The zero-order valence-corrected chi connectivity index (χ0v) is 11.7. The first kappa shape index (κ1) is 13.4. The number of halogens is 1. The summed E-state index contributed by atoms with van der Waals surface area (Å²) in [4.78, 5) is 0. The van der Waals surface area contributed by atoms with Gasteiger partial charge in [0.2, 0.25) is 0 Å². The van der Waals surface area contributed by atoms with Gasteiger partial charge in [-0.05, 0) is 48.4 Å². The summed E-state index contributed by atoms with van der Waals surface area (Å²) in [6, 6.07) is 18.5. The summed E-state index contributed by atoms with van der Waals surface area (Å²) in [6.07, 6.45) is 1.66. The van der Waals surface area contributed by atoms with Crippen molar-refractivity contribution in [1.82, 2.24) is 0 Å². The Hall–Kier alpha value is -2.55. The first-order valence-electron chi connectivity index (χ1n) is 6.85. The first-order valence-corrected chi connectivity index (χ1v) is 6.85. The Morgan fingerprint density at radius 1 is 1.00 bits per heavy atom. The molecule has 1 heterocycles. The molecule has 0 spiro atoms. The van der Waals surface area contributed by atoms with Crippen LogP contribution in [0.3, 0.4) is 0 Å². The van der Waals surface area contributed by atoms with Crippen molar-refractivity contribution in [3.8, 4) is 0 Å². The molecule has 1 aromatic heterocycles. The van der Waals surface area contributed by atoms with E-state index in [4.69, 9.17) is 4.42 Å². The minimum absolute atomic E-state index is 0.106. The molecule has 0 bridgehead atoms. The number of rotatable bonds is 4. The van der Waals surface area contributed by atoms with Gasteiger partial charge in [-0.25, -0.2) is 4.39 Å². The predicted octanol–water partition coefficient (Wildman–Crippen LogP) is 4.93. The average Bonchev–Trinajstić information content (AvgIpc) is 3.01. The second kappa shape index (κ2) is 5.83. The minimum Gasteiger partial charge on any atom is -0.467 e. The van der Waals surface area contributed by atoms with E-state index in [0.29, 0.717) is 0 Å². The van der Waals surface area contributed by atoms with Crippen molar-refractivity contribution >= 4 is 5.69 Å². The smallest absolute Gasteiger partial charge is 0.130 e. The highest BCUT2D eigenvalue weighted by molar-refractivity contribution is 5.53. The monoisotopic (exact) mass is 281 g/mol. The first-order chi connectivity index (χ1) is 10.2. The van der Waals surface area contributed by atoms with Gasteiger partial charge in [-0.2, -0.15) is 0 Å². The van der Waals surface area contributed by atoms with Gasteiger partial charge in [-0.1, -0.05) is 30.3 Å². The molecule has 0 radical (unpaired) electrons. The van der Waals surface area contributed by atoms with E-state index in [1.54, 1.807) is 12.3 Å². The lowest BCUT2D eigenvalue weighted by atomic mass is 10.0. The quantitative estimate of drug-likeness (QED) is 0.733. The highest BCUT2D eigenvalue weighted by Crippen LogP contribution is 2.28. The van der Waals surface area contributed by atoms with E-state index >= 15 is 0 Å². The van der Waals surface area contributed by atoms with E-state index in [2.05, 4.69) is 5.32 Å². The maximum atomic E-state index is 13.2. The SMILES string of the molecule is Cc1cc(F)ccc1NC(c1ccccc1)c1ccco1. The Morgan fingerprint density at radius 3 is 2.48 bits per heavy atom. The van der Waals surface area contributed by atoms with Gasteiger partial charge >= 0.3 is 0 Å². The lowest BCUT2D eigenvalue weighted by Crippen LogP contribution is -2.12. The number of furan rings is 1. The Kier molecular flexibility index (Phi) is 3.73. The Bertz CT molecular complexity index is 707. The molecule has 2 aromatic carbocycles. The molecule has 21 heavy (non-hydrogen) atoms. The molecule has 0 amide bonds. The zero-order valence-electron chi connectivity index (χ0n) is 11.7. The minimum atomic E-state index is -0.229. The number of hydrogen-bond donors (Lipinski definition) is 1. The van der Waals surface area contributed by atoms with Crippen LogP contribution in [0.1, 0.15) is 22.9 Å². The molecule has 3 aromatic rings. The van der Waals surface area contributed by atoms with Crippen molar-refractivity contribution in [2.45, 2.75) is 13.0 Å². The predicted molar refractivity (Wildman–Crippen MR) is 81.8 cm³/mol. The summed E-state index contributed by atoms with van der Waals surface area (Å²) in [6.45, 7) is 1.88. The number of aryl methyl sites for hydroxylation is 1.